The fraction of sp³-hybridized carbons (Fsp3) is 0.692. The topological polar surface area (TPSA) is 20.2 Å². The van der Waals surface area contributed by atoms with Gasteiger partial charge < -0.3 is 5.11 Å². The summed E-state index contributed by atoms with van der Waals surface area (Å²) >= 11 is 0. The van der Waals surface area contributed by atoms with Crippen LogP contribution in [0.5, 0.6) is 0 Å². The predicted octanol–water partition coefficient (Wildman–Crippen LogP) is 3.84. The molecule has 0 heterocycles. The summed E-state index contributed by atoms with van der Waals surface area (Å²) in [6.45, 7) is 4.04. The molecule has 0 rings (SSSR count). The van der Waals surface area contributed by atoms with Gasteiger partial charge in [0, 0.05) is 0 Å². The molecule has 1 heteroatoms. The molecule has 0 aliphatic carbocycles. The summed E-state index contributed by atoms with van der Waals surface area (Å²) in [5.74, 6) is 0. The van der Waals surface area contributed by atoms with Crippen LogP contribution in [0, 0.1) is 0 Å². The maximum atomic E-state index is 8.98. The first-order chi connectivity index (χ1) is 6.77. The van der Waals surface area contributed by atoms with Crippen molar-refractivity contribution in [3.05, 3.63) is 24.3 Å². The molecule has 1 atom stereocenters. The highest BCUT2D eigenvalue weighted by Crippen LogP contribution is 2.00. The molecule has 0 aromatic carbocycles. The maximum absolute atomic E-state index is 8.98. The molecule has 1 unspecified atom stereocenters. The first kappa shape index (κ1) is 13.4. The number of hydrogen-bond donors (Lipinski definition) is 1. The van der Waals surface area contributed by atoms with E-state index < -0.39 is 0 Å². The van der Waals surface area contributed by atoms with E-state index in [-0.39, 0.29) is 6.10 Å². The van der Waals surface area contributed by atoms with Gasteiger partial charge in [-0.25, -0.2) is 0 Å². The van der Waals surface area contributed by atoms with Crippen LogP contribution in [0.3, 0.4) is 0 Å². The summed E-state index contributed by atoms with van der Waals surface area (Å²) in [5.41, 5.74) is 0. The zero-order valence-corrected chi connectivity index (χ0v) is 9.58. The number of aliphatic hydroxyl groups is 1. The lowest BCUT2D eigenvalue weighted by Gasteiger charge is -1.95. The average molecular weight is 196 g/mol. The van der Waals surface area contributed by atoms with Crippen LogP contribution in [0.15, 0.2) is 24.3 Å². The van der Waals surface area contributed by atoms with Crippen LogP contribution in [0.25, 0.3) is 0 Å². The van der Waals surface area contributed by atoms with Crippen LogP contribution >= 0.6 is 0 Å². The van der Waals surface area contributed by atoms with Gasteiger partial charge >= 0.3 is 0 Å². The van der Waals surface area contributed by atoms with Gasteiger partial charge in [-0.1, -0.05) is 44.1 Å². The van der Waals surface area contributed by atoms with Crippen molar-refractivity contribution in [1.82, 2.24) is 0 Å². The quantitative estimate of drug-likeness (QED) is 0.462. The fourth-order valence-corrected chi connectivity index (χ4v) is 1.19. The average Bonchev–Trinajstić information content (AvgIpc) is 2.15. The molecule has 0 bridgehead atoms. The third-order valence-corrected chi connectivity index (χ3v) is 2.06. The van der Waals surface area contributed by atoms with Crippen LogP contribution in [0.4, 0.5) is 0 Å². The molecule has 0 spiro atoms. The predicted molar refractivity (Wildman–Crippen MR) is 63.3 cm³/mol. The van der Waals surface area contributed by atoms with Crippen LogP contribution in [-0.2, 0) is 0 Å². The molecule has 0 aliphatic heterocycles. The van der Waals surface area contributed by atoms with E-state index in [1.807, 2.05) is 13.0 Å². The second-order valence-corrected chi connectivity index (χ2v) is 3.76. The van der Waals surface area contributed by atoms with Crippen molar-refractivity contribution in [3.8, 4) is 0 Å². The van der Waals surface area contributed by atoms with Gasteiger partial charge in [0.05, 0.1) is 6.10 Å². The Hall–Kier alpha value is -0.560. The Morgan fingerprint density at radius 3 is 2.43 bits per heavy atom. The smallest absolute Gasteiger partial charge is 0.0546 e. The Labute approximate surface area is 88.5 Å². The third kappa shape index (κ3) is 11.4. The Bertz CT molecular complexity index is 157. The van der Waals surface area contributed by atoms with E-state index in [9.17, 15) is 0 Å². The molecule has 0 saturated carbocycles. The Kier molecular flexibility index (Phi) is 10.1. The Morgan fingerprint density at radius 1 is 1.07 bits per heavy atom. The number of aliphatic hydroxyl groups excluding tert-OH is 1. The lowest BCUT2D eigenvalue weighted by molar-refractivity contribution is 0.198. The standard InChI is InChI=1S/C13H24O/c1-3-4-5-6-7-8-9-10-11-12-13(2)14/h7-8,10-11,13-14H,3-6,9,12H2,1-2H3/b8-7+,11-10-. The van der Waals surface area contributed by atoms with Gasteiger partial charge in [-0.15, -0.1) is 0 Å². The van der Waals surface area contributed by atoms with Crippen molar-refractivity contribution in [2.24, 2.45) is 0 Å². The lowest BCUT2D eigenvalue weighted by atomic mass is 10.2. The molecule has 0 aromatic rings. The Balaban J connectivity index is 3.21. The third-order valence-electron chi connectivity index (χ3n) is 2.06. The summed E-state index contributed by atoms with van der Waals surface area (Å²) in [6.07, 6.45) is 15.3. The molecular weight excluding hydrogens is 172 g/mol. The first-order valence-corrected chi connectivity index (χ1v) is 5.75. The zero-order valence-electron chi connectivity index (χ0n) is 9.58. The Morgan fingerprint density at radius 2 is 1.79 bits per heavy atom. The molecule has 1 nitrogen and oxygen atoms in total. The highest BCUT2D eigenvalue weighted by Gasteiger charge is 1.87. The van der Waals surface area contributed by atoms with Crippen molar-refractivity contribution in [1.29, 1.82) is 0 Å². The van der Waals surface area contributed by atoms with Crippen LogP contribution in [-0.4, -0.2) is 11.2 Å². The fourth-order valence-electron chi connectivity index (χ4n) is 1.19. The molecule has 0 aliphatic rings. The minimum absolute atomic E-state index is 0.209. The molecular formula is C13H24O. The van der Waals surface area contributed by atoms with Crippen molar-refractivity contribution in [2.45, 2.75) is 58.5 Å². The van der Waals surface area contributed by atoms with Gasteiger partial charge in [0.1, 0.15) is 0 Å². The second-order valence-electron chi connectivity index (χ2n) is 3.76. The van der Waals surface area contributed by atoms with Crippen molar-refractivity contribution >= 4 is 0 Å². The number of hydrogen-bond acceptors (Lipinski definition) is 1. The summed E-state index contributed by atoms with van der Waals surface area (Å²) in [4.78, 5) is 0. The van der Waals surface area contributed by atoms with E-state index in [1.165, 1.54) is 25.7 Å². The summed E-state index contributed by atoms with van der Waals surface area (Å²) < 4.78 is 0. The molecule has 0 amide bonds. The van der Waals surface area contributed by atoms with E-state index in [0.29, 0.717) is 0 Å². The van der Waals surface area contributed by atoms with Crippen molar-refractivity contribution < 1.29 is 5.11 Å². The molecule has 0 fully saturated rings. The molecule has 0 aromatic heterocycles. The minimum Gasteiger partial charge on any atom is -0.393 e. The highest BCUT2D eigenvalue weighted by molar-refractivity contribution is 4.93. The highest BCUT2D eigenvalue weighted by atomic mass is 16.3. The lowest BCUT2D eigenvalue weighted by Crippen LogP contribution is -1.94. The van der Waals surface area contributed by atoms with Crippen molar-refractivity contribution in [3.63, 3.8) is 0 Å². The van der Waals surface area contributed by atoms with Gasteiger partial charge in [0.2, 0.25) is 0 Å². The van der Waals surface area contributed by atoms with E-state index >= 15 is 0 Å². The molecule has 0 radical (unpaired) electrons. The van der Waals surface area contributed by atoms with Gasteiger partial charge in [-0.05, 0) is 32.6 Å². The molecule has 0 saturated heterocycles. The van der Waals surface area contributed by atoms with Gasteiger partial charge in [0.15, 0.2) is 0 Å². The normalized spacial score (nSPS) is 14.2. The largest absolute Gasteiger partial charge is 0.393 e. The molecule has 82 valence electrons. The van der Waals surface area contributed by atoms with Gasteiger partial charge in [-0.2, -0.15) is 0 Å². The number of allylic oxidation sites excluding steroid dienone is 3. The summed E-state index contributed by atoms with van der Waals surface area (Å²) in [5, 5.41) is 8.98. The summed E-state index contributed by atoms with van der Waals surface area (Å²) in [7, 11) is 0. The number of unbranched alkanes of at least 4 members (excludes halogenated alkanes) is 3. The van der Waals surface area contributed by atoms with E-state index in [4.69, 9.17) is 5.11 Å². The van der Waals surface area contributed by atoms with Crippen LogP contribution in [0.2, 0.25) is 0 Å². The zero-order chi connectivity index (χ0) is 10.6. The molecule has 1 N–H and O–H groups in total. The molecule has 14 heavy (non-hydrogen) atoms. The van der Waals surface area contributed by atoms with E-state index in [0.717, 1.165) is 12.8 Å². The number of rotatable bonds is 8. The van der Waals surface area contributed by atoms with Crippen LogP contribution < -0.4 is 0 Å². The van der Waals surface area contributed by atoms with E-state index in [1.54, 1.807) is 0 Å². The van der Waals surface area contributed by atoms with Crippen molar-refractivity contribution in [2.75, 3.05) is 0 Å². The minimum atomic E-state index is -0.209. The van der Waals surface area contributed by atoms with E-state index in [2.05, 4.69) is 25.2 Å². The second kappa shape index (κ2) is 10.5. The van der Waals surface area contributed by atoms with Crippen LogP contribution in [0.1, 0.15) is 52.4 Å². The van der Waals surface area contributed by atoms with Gasteiger partial charge in [-0.3, -0.25) is 0 Å². The van der Waals surface area contributed by atoms with Gasteiger partial charge in [0.25, 0.3) is 0 Å². The summed E-state index contributed by atoms with van der Waals surface area (Å²) in [6, 6.07) is 0. The monoisotopic (exact) mass is 196 g/mol. The SMILES string of the molecule is CCCCC/C=C/C/C=C\CC(C)O. The maximum Gasteiger partial charge on any atom is 0.0546 e. The first-order valence-electron chi connectivity index (χ1n) is 5.75.